The van der Waals surface area contributed by atoms with Crippen molar-refractivity contribution in [2.75, 3.05) is 11.3 Å². The summed E-state index contributed by atoms with van der Waals surface area (Å²) in [5.74, 6) is -0.149. The number of rotatable bonds is 4. The van der Waals surface area contributed by atoms with Crippen LogP contribution in [-0.4, -0.2) is 36.4 Å². The maximum Gasteiger partial charge on any atom is 0.270 e. The highest BCUT2D eigenvalue weighted by molar-refractivity contribution is 7.92. The molecule has 0 fully saturated rings. The Labute approximate surface area is 146 Å². The van der Waals surface area contributed by atoms with Crippen molar-refractivity contribution in [1.82, 2.24) is 9.47 Å². The van der Waals surface area contributed by atoms with Crippen LogP contribution in [0.5, 0.6) is 0 Å². The van der Waals surface area contributed by atoms with Gasteiger partial charge in [0.15, 0.2) is 0 Å². The van der Waals surface area contributed by atoms with Gasteiger partial charge in [0.25, 0.3) is 15.9 Å². The average molecular weight is 368 g/mol. The Bertz CT molecular complexity index is 872. The summed E-state index contributed by atoms with van der Waals surface area (Å²) in [4.78, 5) is 14.3. The summed E-state index contributed by atoms with van der Waals surface area (Å²) >= 11 is 5.80. The number of hydrogen-bond acceptors (Lipinski definition) is 3. The van der Waals surface area contributed by atoms with Crippen LogP contribution in [0.4, 0.5) is 5.69 Å². The van der Waals surface area contributed by atoms with Crippen molar-refractivity contribution >= 4 is 33.2 Å². The lowest BCUT2D eigenvalue weighted by Gasteiger charge is -2.31. The molecule has 1 N–H and O–H groups in total. The fraction of sp³-hybridized carbons (Fsp3) is 0.312. The van der Waals surface area contributed by atoms with Crippen molar-refractivity contribution in [3.8, 4) is 0 Å². The molecular weight excluding hydrogens is 350 g/mol. The zero-order valence-electron chi connectivity index (χ0n) is 13.4. The first-order valence-corrected chi connectivity index (χ1v) is 9.43. The van der Waals surface area contributed by atoms with Gasteiger partial charge < -0.3 is 9.47 Å². The maximum atomic E-state index is 12.5. The zero-order valence-corrected chi connectivity index (χ0v) is 14.9. The van der Waals surface area contributed by atoms with Crippen LogP contribution < -0.4 is 4.72 Å². The molecule has 1 amide bonds. The second-order valence-electron chi connectivity index (χ2n) is 5.96. The van der Waals surface area contributed by atoms with Crippen LogP contribution in [0.1, 0.15) is 24.3 Å². The summed E-state index contributed by atoms with van der Waals surface area (Å²) in [6, 6.07) is 7.88. The van der Waals surface area contributed by atoms with Crippen LogP contribution in [0, 0.1) is 0 Å². The molecule has 1 aromatic carbocycles. The molecule has 0 spiro atoms. The number of halogens is 1. The van der Waals surface area contributed by atoms with Crippen molar-refractivity contribution in [3.05, 3.63) is 47.2 Å². The Kier molecular flexibility index (Phi) is 4.31. The highest BCUT2D eigenvalue weighted by Crippen LogP contribution is 2.23. The van der Waals surface area contributed by atoms with Crippen molar-refractivity contribution in [2.45, 2.75) is 31.3 Å². The Morgan fingerprint density at radius 2 is 1.83 bits per heavy atom. The molecule has 0 radical (unpaired) electrons. The number of nitrogens with zero attached hydrogens (tertiary/aromatic N) is 2. The SMILES string of the molecule is CC(C)N1CCn2cc(S(=O)(=O)Nc3ccc(Cl)cc3)cc2C1=O. The first-order valence-electron chi connectivity index (χ1n) is 7.57. The van der Waals surface area contributed by atoms with E-state index in [1.807, 2.05) is 13.8 Å². The second kappa shape index (κ2) is 6.14. The molecule has 3 rings (SSSR count). The van der Waals surface area contributed by atoms with Gasteiger partial charge in [0.05, 0.1) is 0 Å². The number of carbonyl (C=O) groups excluding carboxylic acids is 1. The van der Waals surface area contributed by atoms with E-state index in [9.17, 15) is 13.2 Å². The van der Waals surface area contributed by atoms with Gasteiger partial charge in [0, 0.05) is 36.0 Å². The number of hydrogen-bond donors (Lipinski definition) is 1. The summed E-state index contributed by atoms with van der Waals surface area (Å²) < 4.78 is 29.3. The lowest BCUT2D eigenvalue weighted by Crippen LogP contribution is -2.43. The minimum Gasteiger partial charge on any atom is -0.340 e. The minimum absolute atomic E-state index is 0.0754. The van der Waals surface area contributed by atoms with Gasteiger partial charge in [0.2, 0.25) is 0 Å². The quantitative estimate of drug-likeness (QED) is 0.903. The Hall–Kier alpha value is -1.99. The van der Waals surface area contributed by atoms with Crippen molar-refractivity contribution in [3.63, 3.8) is 0 Å². The van der Waals surface area contributed by atoms with E-state index in [0.717, 1.165) is 0 Å². The summed E-state index contributed by atoms with van der Waals surface area (Å²) in [7, 11) is -3.77. The molecule has 2 aromatic rings. The number of nitrogens with one attached hydrogen (secondary N) is 1. The summed E-state index contributed by atoms with van der Waals surface area (Å²) in [5, 5.41) is 0.525. The lowest BCUT2D eigenvalue weighted by atomic mass is 10.2. The molecule has 24 heavy (non-hydrogen) atoms. The smallest absolute Gasteiger partial charge is 0.270 e. The number of aromatic nitrogens is 1. The summed E-state index contributed by atoms with van der Waals surface area (Å²) in [6.07, 6.45) is 1.50. The normalized spacial score (nSPS) is 14.8. The molecule has 0 saturated carbocycles. The van der Waals surface area contributed by atoms with Crippen LogP contribution in [0.25, 0.3) is 0 Å². The van der Waals surface area contributed by atoms with E-state index < -0.39 is 10.0 Å². The monoisotopic (exact) mass is 367 g/mol. The molecule has 8 heteroatoms. The standard InChI is InChI=1S/C16H18ClN3O3S/c1-11(2)20-8-7-19-10-14(9-15(19)16(20)21)24(22,23)18-13-5-3-12(17)4-6-13/h3-6,9-11,18H,7-8H2,1-2H3. The van der Waals surface area contributed by atoms with Gasteiger partial charge in [-0.2, -0.15) is 0 Å². The predicted molar refractivity (Wildman–Crippen MR) is 92.9 cm³/mol. The average Bonchev–Trinajstić information content (AvgIpc) is 2.95. The van der Waals surface area contributed by atoms with Crippen molar-refractivity contribution < 1.29 is 13.2 Å². The van der Waals surface area contributed by atoms with Crippen LogP contribution in [-0.2, 0) is 16.6 Å². The third-order valence-corrected chi connectivity index (χ3v) is 5.56. The number of benzene rings is 1. The lowest BCUT2D eigenvalue weighted by molar-refractivity contribution is 0.0649. The minimum atomic E-state index is -3.77. The van der Waals surface area contributed by atoms with Gasteiger partial charge in [0.1, 0.15) is 10.6 Å². The molecule has 128 valence electrons. The van der Waals surface area contributed by atoms with Gasteiger partial charge in [-0.15, -0.1) is 0 Å². The highest BCUT2D eigenvalue weighted by Gasteiger charge is 2.29. The molecule has 0 saturated heterocycles. The molecular formula is C16H18ClN3O3S. The fourth-order valence-electron chi connectivity index (χ4n) is 2.68. The van der Waals surface area contributed by atoms with E-state index in [0.29, 0.717) is 29.5 Å². The highest BCUT2D eigenvalue weighted by atomic mass is 35.5. The maximum absolute atomic E-state index is 12.5. The predicted octanol–water partition coefficient (Wildman–Crippen LogP) is 2.81. The molecule has 0 bridgehead atoms. The van der Waals surface area contributed by atoms with Gasteiger partial charge in [-0.05, 0) is 44.2 Å². The van der Waals surface area contributed by atoms with Crippen LogP contribution in [0.3, 0.4) is 0 Å². The molecule has 2 heterocycles. The van der Waals surface area contributed by atoms with E-state index in [1.54, 1.807) is 33.7 Å². The Morgan fingerprint density at radius 3 is 2.46 bits per heavy atom. The molecule has 0 atom stereocenters. The molecule has 1 aliphatic rings. The number of carbonyl (C=O) groups is 1. The van der Waals surface area contributed by atoms with E-state index in [4.69, 9.17) is 11.6 Å². The van der Waals surface area contributed by atoms with Gasteiger partial charge in [-0.3, -0.25) is 9.52 Å². The van der Waals surface area contributed by atoms with Gasteiger partial charge in [-0.25, -0.2) is 8.42 Å². The van der Waals surface area contributed by atoms with Crippen molar-refractivity contribution in [1.29, 1.82) is 0 Å². The Balaban J connectivity index is 1.89. The van der Waals surface area contributed by atoms with E-state index in [2.05, 4.69) is 4.72 Å². The number of anilines is 1. The molecule has 0 unspecified atom stereocenters. The first-order chi connectivity index (χ1) is 11.3. The van der Waals surface area contributed by atoms with E-state index in [1.165, 1.54) is 12.3 Å². The van der Waals surface area contributed by atoms with Crippen LogP contribution in [0.15, 0.2) is 41.4 Å². The third kappa shape index (κ3) is 3.14. The number of sulfonamides is 1. The van der Waals surface area contributed by atoms with Gasteiger partial charge >= 0.3 is 0 Å². The van der Waals surface area contributed by atoms with Crippen LogP contribution in [0.2, 0.25) is 5.02 Å². The van der Waals surface area contributed by atoms with Gasteiger partial charge in [-0.1, -0.05) is 11.6 Å². The van der Waals surface area contributed by atoms with Crippen LogP contribution >= 0.6 is 11.6 Å². The zero-order chi connectivity index (χ0) is 17.5. The fourth-order valence-corrected chi connectivity index (χ4v) is 3.91. The third-order valence-electron chi connectivity index (χ3n) is 3.96. The summed E-state index contributed by atoms with van der Waals surface area (Å²) in [6.45, 7) is 5.03. The number of amides is 1. The molecule has 1 aliphatic heterocycles. The molecule has 0 aliphatic carbocycles. The first kappa shape index (κ1) is 16.9. The number of fused-ring (bicyclic) bond motifs is 1. The largest absolute Gasteiger partial charge is 0.340 e. The van der Waals surface area contributed by atoms with Crippen molar-refractivity contribution in [2.24, 2.45) is 0 Å². The van der Waals surface area contributed by atoms with E-state index >= 15 is 0 Å². The van der Waals surface area contributed by atoms with E-state index in [-0.39, 0.29) is 16.8 Å². The summed E-state index contributed by atoms with van der Waals surface area (Å²) in [5.41, 5.74) is 0.810. The molecule has 1 aromatic heterocycles. The Morgan fingerprint density at radius 1 is 1.17 bits per heavy atom. The molecule has 6 nitrogen and oxygen atoms in total. The second-order valence-corrected chi connectivity index (χ2v) is 8.08. The topological polar surface area (TPSA) is 71.4 Å².